The molecule has 2 rings (SSSR count). The van der Waals surface area contributed by atoms with Gasteiger partial charge in [0.15, 0.2) is 5.03 Å². The number of nitrogen functional groups attached to an aromatic ring is 1. The fraction of sp³-hybridized carbons (Fsp3) is 0.0769. The van der Waals surface area contributed by atoms with Crippen LogP contribution in [0.3, 0.4) is 0 Å². The highest BCUT2D eigenvalue weighted by Gasteiger charge is 2.11. The van der Waals surface area contributed by atoms with Crippen molar-refractivity contribution in [1.82, 2.24) is 0 Å². The average Bonchev–Trinajstić information content (AvgIpc) is 2.48. The molecule has 0 heterocycles. The minimum atomic E-state index is -0.588. The number of ether oxygens (including phenoxy) is 1. The van der Waals surface area contributed by atoms with Gasteiger partial charge in [-0.1, -0.05) is 18.2 Å². The molecule has 0 aliphatic rings. The first-order valence-electron chi connectivity index (χ1n) is 5.98. The van der Waals surface area contributed by atoms with E-state index in [1.807, 2.05) is 5.43 Å². The van der Waals surface area contributed by atoms with Crippen LogP contribution in [0, 0.1) is 20.2 Å². The van der Waals surface area contributed by atoms with Gasteiger partial charge in [0.05, 0.1) is 18.1 Å². The third kappa shape index (κ3) is 5.33. The summed E-state index contributed by atoms with van der Waals surface area (Å²) in [6.07, 6.45) is 0. The lowest BCUT2D eigenvalue weighted by Crippen LogP contribution is -2.06. The number of nitro benzene ring substituents is 1. The Balaban J connectivity index is 0.000000224. The first-order valence-corrected chi connectivity index (χ1v) is 5.98. The zero-order valence-corrected chi connectivity index (χ0v) is 11.6. The molecule has 22 heavy (non-hydrogen) atoms. The molecule has 2 aromatic carbocycles. The Morgan fingerprint density at radius 3 is 2.23 bits per heavy atom. The number of nitrogens with two attached hydrogens (primary N) is 1. The molecular weight excluding hydrogens is 292 g/mol. The number of para-hydroxylation sites is 1. The third-order valence-corrected chi connectivity index (χ3v) is 2.43. The van der Waals surface area contributed by atoms with Gasteiger partial charge in [-0.25, -0.2) is 10.1 Å². The largest absolute Gasteiger partial charge is 0.496 e. The van der Waals surface area contributed by atoms with Gasteiger partial charge in [-0.15, -0.1) is 5.43 Å². The molecule has 0 spiro atoms. The second-order valence-corrected chi connectivity index (χ2v) is 3.92. The van der Waals surface area contributed by atoms with Gasteiger partial charge in [0, 0.05) is 0 Å². The monoisotopic (exact) mass is 306 g/mol. The summed E-state index contributed by atoms with van der Waals surface area (Å²) < 4.78 is 4.80. The van der Waals surface area contributed by atoms with Crippen molar-refractivity contribution in [1.29, 1.82) is 0 Å². The van der Waals surface area contributed by atoms with Gasteiger partial charge in [-0.05, 0) is 24.3 Å². The predicted molar refractivity (Wildman–Crippen MR) is 81.1 cm³/mol. The summed E-state index contributed by atoms with van der Waals surface area (Å²) in [6.45, 7) is 0. The van der Waals surface area contributed by atoms with Gasteiger partial charge < -0.3 is 10.5 Å². The van der Waals surface area contributed by atoms with Crippen molar-refractivity contribution in [3.05, 3.63) is 68.8 Å². The number of nitrogens with one attached hydrogen (secondary N) is 1. The molecule has 0 saturated carbocycles. The van der Waals surface area contributed by atoms with Crippen LogP contribution < -0.4 is 15.9 Å². The molecule has 0 aliphatic heterocycles. The lowest BCUT2D eigenvalue weighted by atomic mass is 10.2. The van der Waals surface area contributed by atoms with Gasteiger partial charge in [0.1, 0.15) is 17.1 Å². The summed E-state index contributed by atoms with van der Waals surface area (Å²) in [5.41, 5.74) is 7.88. The molecule has 3 N–H and O–H groups in total. The van der Waals surface area contributed by atoms with E-state index in [2.05, 4.69) is 0 Å². The molecule has 0 saturated heterocycles. The van der Waals surface area contributed by atoms with Crippen molar-refractivity contribution in [2.24, 2.45) is 0 Å². The first kappa shape index (κ1) is 16.7. The van der Waals surface area contributed by atoms with E-state index in [1.165, 1.54) is 19.2 Å². The van der Waals surface area contributed by atoms with Crippen molar-refractivity contribution in [3.8, 4) is 5.75 Å². The van der Waals surface area contributed by atoms with Crippen LogP contribution in [0.25, 0.3) is 0 Å². The first-order chi connectivity index (χ1) is 10.4. The molecule has 0 atom stereocenters. The SMILES string of the molecule is COc1ccc(N)c([N+](=O)[O-])c1.O=[N+]([O-])Nc1ccccc1. The van der Waals surface area contributed by atoms with Crippen LogP contribution in [0.15, 0.2) is 48.5 Å². The summed E-state index contributed by atoms with van der Waals surface area (Å²) in [5.74, 6) is 0.427. The maximum Gasteiger partial charge on any atom is 0.295 e. The molecule has 0 unspecified atom stereocenters. The van der Waals surface area contributed by atoms with Crippen molar-refractivity contribution in [3.63, 3.8) is 0 Å². The van der Waals surface area contributed by atoms with Gasteiger partial charge in [0.25, 0.3) is 5.69 Å². The van der Waals surface area contributed by atoms with Crippen LogP contribution >= 0.6 is 0 Å². The van der Waals surface area contributed by atoms with Crippen LogP contribution in [0.1, 0.15) is 0 Å². The summed E-state index contributed by atoms with van der Waals surface area (Å²) in [6, 6.07) is 12.8. The van der Waals surface area contributed by atoms with Crippen molar-refractivity contribution >= 4 is 17.1 Å². The lowest BCUT2D eigenvalue weighted by molar-refractivity contribution is -0.445. The van der Waals surface area contributed by atoms with Crippen LogP contribution in [-0.2, 0) is 0 Å². The van der Waals surface area contributed by atoms with E-state index in [9.17, 15) is 20.2 Å². The number of hydrazine groups is 1. The topological polar surface area (TPSA) is 134 Å². The number of hydrogen-bond donors (Lipinski definition) is 2. The zero-order chi connectivity index (χ0) is 16.5. The molecule has 0 amide bonds. The number of nitro groups is 2. The smallest absolute Gasteiger partial charge is 0.295 e. The molecule has 0 bridgehead atoms. The predicted octanol–water partition coefficient (Wildman–Crippen LogP) is 2.48. The second kappa shape index (κ2) is 8.04. The van der Waals surface area contributed by atoms with Gasteiger partial charge >= 0.3 is 0 Å². The minimum Gasteiger partial charge on any atom is -0.496 e. The van der Waals surface area contributed by atoms with E-state index in [4.69, 9.17) is 10.5 Å². The van der Waals surface area contributed by atoms with Crippen LogP contribution in [-0.4, -0.2) is 17.1 Å². The Kier molecular flexibility index (Phi) is 6.10. The Bertz CT molecular complexity index is 648. The summed E-state index contributed by atoms with van der Waals surface area (Å²) >= 11 is 0. The molecule has 2 aromatic rings. The van der Waals surface area contributed by atoms with E-state index in [0.29, 0.717) is 11.4 Å². The quantitative estimate of drug-likeness (QED) is 0.503. The fourth-order valence-electron chi connectivity index (χ4n) is 1.43. The maximum atomic E-state index is 10.4. The van der Waals surface area contributed by atoms with Crippen molar-refractivity contribution in [2.75, 3.05) is 18.3 Å². The molecule has 0 aliphatic carbocycles. The number of methoxy groups -OCH3 is 1. The average molecular weight is 306 g/mol. The highest BCUT2D eigenvalue weighted by atomic mass is 16.7. The summed E-state index contributed by atoms with van der Waals surface area (Å²) in [5, 5.41) is 19.6. The summed E-state index contributed by atoms with van der Waals surface area (Å²) in [4.78, 5) is 19.7. The summed E-state index contributed by atoms with van der Waals surface area (Å²) in [7, 11) is 1.44. The zero-order valence-electron chi connectivity index (χ0n) is 11.6. The number of hydrogen-bond acceptors (Lipinski definition) is 6. The Morgan fingerprint density at radius 1 is 1.09 bits per heavy atom. The third-order valence-electron chi connectivity index (χ3n) is 2.43. The molecule has 9 heteroatoms. The standard InChI is InChI=1S/C7H8N2O3.C6H6N2O2/c1-12-5-2-3-6(8)7(4-5)9(10)11;9-8(10)7-6-4-2-1-3-5-6/h2-4H,8H2,1H3;1-5,7H. The van der Waals surface area contributed by atoms with E-state index in [0.717, 1.165) is 0 Å². The molecule has 0 aromatic heterocycles. The minimum absolute atomic E-state index is 0.130. The van der Waals surface area contributed by atoms with E-state index in [1.54, 1.807) is 36.4 Å². The number of benzene rings is 2. The number of rotatable bonds is 4. The van der Waals surface area contributed by atoms with Gasteiger partial charge in [0.2, 0.25) is 0 Å². The van der Waals surface area contributed by atoms with E-state index >= 15 is 0 Å². The Morgan fingerprint density at radius 2 is 1.73 bits per heavy atom. The normalized spacial score (nSPS) is 9.14. The Labute approximate surface area is 125 Å². The van der Waals surface area contributed by atoms with Crippen molar-refractivity contribution in [2.45, 2.75) is 0 Å². The fourth-order valence-corrected chi connectivity index (χ4v) is 1.43. The molecule has 116 valence electrons. The van der Waals surface area contributed by atoms with E-state index < -0.39 is 9.96 Å². The molecule has 0 radical (unpaired) electrons. The molecular formula is C13H14N4O5. The number of nitrogens with zero attached hydrogens (tertiary/aromatic N) is 2. The highest BCUT2D eigenvalue weighted by Crippen LogP contribution is 2.25. The number of anilines is 2. The lowest BCUT2D eigenvalue weighted by Gasteiger charge is -2.00. The van der Waals surface area contributed by atoms with Crippen LogP contribution in [0.4, 0.5) is 17.1 Å². The van der Waals surface area contributed by atoms with Crippen molar-refractivity contribution < 1.29 is 14.7 Å². The molecule has 9 nitrogen and oxygen atoms in total. The molecule has 0 fully saturated rings. The van der Waals surface area contributed by atoms with E-state index in [-0.39, 0.29) is 11.4 Å². The van der Waals surface area contributed by atoms with Gasteiger partial charge in [-0.2, -0.15) is 0 Å². The van der Waals surface area contributed by atoms with Gasteiger partial charge in [-0.3, -0.25) is 10.1 Å². The van der Waals surface area contributed by atoms with Crippen LogP contribution in [0.2, 0.25) is 0 Å². The van der Waals surface area contributed by atoms with Crippen LogP contribution in [0.5, 0.6) is 5.75 Å². The highest BCUT2D eigenvalue weighted by molar-refractivity contribution is 5.60. The Hall–Kier alpha value is -3.36. The maximum absolute atomic E-state index is 10.4. The second-order valence-electron chi connectivity index (χ2n) is 3.92.